The first-order valence-corrected chi connectivity index (χ1v) is 8.85. The van der Waals surface area contributed by atoms with Crippen molar-refractivity contribution >= 4 is 11.6 Å². The summed E-state index contributed by atoms with van der Waals surface area (Å²) < 4.78 is 15.1. The Labute approximate surface area is 153 Å². The van der Waals surface area contributed by atoms with Crippen molar-refractivity contribution in [2.75, 3.05) is 38.8 Å². The van der Waals surface area contributed by atoms with Crippen molar-refractivity contribution in [3.63, 3.8) is 0 Å². The third kappa shape index (κ3) is 3.78. The number of aryl methyl sites for hydroxylation is 1. The number of nitrogens with zero attached hydrogens (tertiary/aromatic N) is 5. The van der Waals surface area contributed by atoms with Gasteiger partial charge in [0.15, 0.2) is 0 Å². The van der Waals surface area contributed by atoms with Crippen molar-refractivity contribution in [1.82, 2.24) is 19.4 Å². The van der Waals surface area contributed by atoms with Crippen LogP contribution in [-0.2, 0) is 6.67 Å². The van der Waals surface area contributed by atoms with E-state index in [2.05, 4.69) is 28.9 Å². The van der Waals surface area contributed by atoms with Crippen LogP contribution in [0.1, 0.15) is 17.7 Å². The van der Waals surface area contributed by atoms with Gasteiger partial charge in [-0.1, -0.05) is 0 Å². The summed E-state index contributed by atoms with van der Waals surface area (Å²) >= 11 is 0. The molecule has 1 aliphatic heterocycles. The molecule has 1 aliphatic rings. The highest BCUT2D eigenvalue weighted by molar-refractivity contribution is 5.58. The van der Waals surface area contributed by atoms with Gasteiger partial charge in [-0.3, -0.25) is 19.2 Å². The molecule has 7 heteroatoms. The molecule has 0 aliphatic carbocycles. The average Bonchev–Trinajstić information content (AvgIpc) is 2.60. The molecular weight excluding hydrogens is 333 g/mol. The van der Waals surface area contributed by atoms with Crippen molar-refractivity contribution in [2.45, 2.75) is 26.9 Å². The Morgan fingerprint density at radius 1 is 1.15 bits per heavy atom. The lowest BCUT2D eigenvalue weighted by molar-refractivity contribution is 0.189. The van der Waals surface area contributed by atoms with Gasteiger partial charge in [-0.25, -0.2) is 9.37 Å². The maximum absolute atomic E-state index is 13.3. The summed E-state index contributed by atoms with van der Waals surface area (Å²) in [6.45, 7) is 6.66. The molecule has 0 atom stereocenters. The molecule has 0 bridgehead atoms. The van der Waals surface area contributed by atoms with Crippen molar-refractivity contribution in [2.24, 2.45) is 0 Å². The normalized spacial score (nSPS) is 14.8. The van der Waals surface area contributed by atoms with Gasteiger partial charge in [-0.15, -0.1) is 0 Å². The van der Waals surface area contributed by atoms with E-state index in [0.717, 1.165) is 30.9 Å². The summed E-state index contributed by atoms with van der Waals surface area (Å²) in [5.41, 5.74) is 2.21. The van der Waals surface area contributed by atoms with Crippen LogP contribution in [0.25, 0.3) is 0 Å². The van der Waals surface area contributed by atoms with Gasteiger partial charge in [0, 0.05) is 23.5 Å². The van der Waals surface area contributed by atoms with Crippen LogP contribution in [0.15, 0.2) is 29.1 Å². The SMILES string of the molecule is Cc1nc2n(c(=O)c1C)CN(CCCN(C)C)CN2c1ccc(F)cc1. The van der Waals surface area contributed by atoms with Gasteiger partial charge in [-0.2, -0.15) is 0 Å². The zero-order chi connectivity index (χ0) is 18.8. The van der Waals surface area contributed by atoms with Gasteiger partial charge < -0.3 is 4.90 Å². The van der Waals surface area contributed by atoms with Gasteiger partial charge in [0.1, 0.15) is 5.82 Å². The zero-order valence-electron chi connectivity index (χ0n) is 15.9. The van der Waals surface area contributed by atoms with E-state index in [1.54, 1.807) is 16.7 Å². The van der Waals surface area contributed by atoms with Gasteiger partial charge in [0.2, 0.25) is 5.95 Å². The van der Waals surface area contributed by atoms with Crippen LogP contribution in [0, 0.1) is 19.7 Å². The molecule has 26 heavy (non-hydrogen) atoms. The fraction of sp³-hybridized carbons (Fsp3) is 0.474. The second kappa shape index (κ2) is 7.55. The first kappa shape index (κ1) is 18.5. The maximum Gasteiger partial charge on any atom is 0.259 e. The maximum atomic E-state index is 13.3. The third-order valence-corrected chi connectivity index (χ3v) is 4.76. The van der Waals surface area contributed by atoms with E-state index < -0.39 is 0 Å². The standard InChI is InChI=1S/C19H26FN5O/c1-14-15(2)21-19-24(17-8-6-16(20)7-9-17)12-23(11-5-10-22(3)4)13-25(19)18(14)26/h6-9H,5,10-13H2,1-4H3. The summed E-state index contributed by atoms with van der Waals surface area (Å²) in [5.74, 6) is 0.340. The molecule has 0 amide bonds. The molecule has 140 valence electrons. The van der Waals surface area contributed by atoms with E-state index in [9.17, 15) is 9.18 Å². The second-order valence-electron chi connectivity index (χ2n) is 7.09. The number of hydrogen-bond acceptors (Lipinski definition) is 5. The molecule has 2 aromatic rings. The highest BCUT2D eigenvalue weighted by atomic mass is 19.1. The van der Waals surface area contributed by atoms with Crippen molar-refractivity contribution in [1.29, 1.82) is 0 Å². The van der Waals surface area contributed by atoms with Gasteiger partial charge >= 0.3 is 0 Å². The second-order valence-corrected chi connectivity index (χ2v) is 7.09. The molecule has 2 heterocycles. The zero-order valence-corrected chi connectivity index (χ0v) is 15.9. The lowest BCUT2D eigenvalue weighted by atomic mass is 10.2. The Morgan fingerprint density at radius 3 is 2.50 bits per heavy atom. The molecule has 0 spiro atoms. The van der Waals surface area contributed by atoms with Crippen LogP contribution in [0.3, 0.4) is 0 Å². The molecule has 0 saturated carbocycles. The number of hydrogen-bond donors (Lipinski definition) is 0. The van der Waals surface area contributed by atoms with Crippen LogP contribution < -0.4 is 10.5 Å². The topological polar surface area (TPSA) is 44.6 Å². The van der Waals surface area contributed by atoms with Crippen molar-refractivity contribution < 1.29 is 4.39 Å². The van der Waals surface area contributed by atoms with E-state index >= 15 is 0 Å². The Kier molecular flexibility index (Phi) is 5.38. The molecule has 6 nitrogen and oxygen atoms in total. The van der Waals surface area contributed by atoms with Gasteiger partial charge in [0.25, 0.3) is 5.56 Å². The molecule has 0 fully saturated rings. The number of aromatic nitrogens is 2. The number of benzene rings is 1. The molecule has 0 radical (unpaired) electrons. The van der Waals surface area contributed by atoms with Crippen LogP contribution >= 0.6 is 0 Å². The predicted molar refractivity (Wildman–Crippen MR) is 101 cm³/mol. The molecule has 1 aromatic heterocycles. The summed E-state index contributed by atoms with van der Waals surface area (Å²) in [7, 11) is 4.10. The molecular formula is C19H26FN5O. The number of fused-ring (bicyclic) bond motifs is 1. The highest BCUT2D eigenvalue weighted by Crippen LogP contribution is 2.27. The van der Waals surface area contributed by atoms with E-state index in [1.165, 1.54) is 12.1 Å². The first-order valence-electron chi connectivity index (χ1n) is 8.85. The van der Waals surface area contributed by atoms with E-state index in [4.69, 9.17) is 0 Å². The van der Waals surface area contributed by atoms with Crippen molar-refractivity contribution in [3.8, 4) is 0 Å². The van der Waals surface area contributed by atoms with Crippen molar-refractivity contribution in [3.05, 3.63) is 51.7 Å². The predicted octanol–water partition coefficient (Wildman–Crippen LogP) is 2.32. The first-order chi connectivity index (χ1) is 12.4. The number of rotatable bonds is 5. The summed E-state index contributed by atoms with van der Waals surface area (Å²) in [6.07, 6.45) is 1.01. The average molecular weight is 359 g/mol. The quantitative estimate of drug-likeness (QED) is 0.820. The highest BCUT2D eigenvalue weighted by Gasteiger charge is 2.26. The third-order valence-electron chi connectivity index (χ3n) is 4.76. The fourth-order valence-corrected chi connectivity index (χ4v) is 3.15. The largest absolute Gasteiger partial charge is 0.309 e. The van der Waals surface area contributed by atoms with E-state index in [0.29, 0.717) is 24.8 Å². The Bertz CT molecular complexity index is 831. The van der Waals surface area contributed by atoms with E-state index in [-0.39, 0.29) is 11.4 Å². The Balaban J connectivity index is 1.97. The molecule has 3 rings (SSSR count). The molecule has 0 saturated heterocycles. The minimum Gasteiger partial charge on any atom is -0.309 e. The Morgan fingerprint density at radius 2 is 1.85 bits per heavy atom. The smallest absolute Gasteiger partial charge is 0.259 e. The van der Waals surface area contributed by atoms with Crippen LogP contribution in [0.2, 0.25) is 0 Å². The lowest BCUT2D eigenvalue weighted by Crippen LogP contribution is -2.48. The minimum atomic E-state index is -0.279. The number of halogens is 1. The van der Waals surface area contributed by atoms with Crippen LogP contribution in [-0.4, -0.2) is 53.2 Å². The summed E-state index contributed by atoms with van der Waals surface area (Å²) in [5, 5.41) is 0. The number of anilines is 2. The molecule has 1 aromatic carbocycles. The Hall–Kier alpha value is -2.25. The van der Waals surface area contributed by atoms with E-state index in [1.807, 2.05) is 18.7 Å². The van der Waals surface area contributed by atoms with Crippen LogP contribution in [0.4, 0.5) is 16.0 Å². The summed E-state index contributed by atoms with van der Waals surface area (Å²) in [4.78, 5) is 23.8. The monoisotopic (exact) mass is 359 g/mol. The van der Waals surface area contributed by atoms with Gasteiger partial charge in [-0.05, 0) is 65.2 Å². The minimum absolute atomic E-state index is 0.0167. The molecule has 0 N–H and O–H groups in total. The van der Waals surface area contributed by atoms with Gasteiger partial charge in [0.05, 0.1) is 13.3 Å². The van der Waals surface area contributed by atoms with Crippen LogP contribution in [0.5, 0.6) is 0 Å². The molecule has 0 unspecified atom stereocenters. The summed E-state index contributed by atoms with van der Waals surface area (Å²) in [6, 6.07) is 6.32. The fourth-order valence-electron chi connectivity index (χ4n) is 3.15. The lowest BCUT2D eigenvalue weighted by Gasteiger charge is -2.38.